The van der Waals surface area contributed by atoms with Crippen molar-refractivity contribution in [3.8, 4) is 11.3 Å². The molecule has 80 valence electrons. The standard InChI is InChI=1S/C11H9N3O2/c12-9-5-6-13-11(7-9)8-1-3-10(4-2-8)14(15)16/h1-7H,(H2,12,13). The zero-order valence-corrected chi connectivity index (χ0v) is 8.33. The lowest BCUT2D eigenvalue weighted by Crippen LogP contribution is -1.90. The van der Waals surface area contributed by atoms with E-state index in [-0.39, 0.29) is 5.69 Å². The molecular formula is C11H9N3O2. The number of nitro benzene ring substituents is 1. The number of aromatic nitrogens is 1. The van der Waals surface area contributed by atoms with Gasteiger partial charge in [-0.2, -0.15) is 0 Å². The Morgan fingerprint density at radius 2 is 1.88 bits per heavy atom. The molecule has 2 rings (SSSR count). The number of rotatable bonds is 2. The lowest BCUT2D eigenvalue weighted by atomic mass is 10.1. The molecule has 0 saturated heterocycles. The Labute approximate surface area is 91.7 Å². The van der Waals surface area contributed by atoms with Crippen molar-refractivity contribution in [1.29, 1.82) is 0 Å². The molecule has 5 nitrogen and oxygen atoms in total. The van der Waals surface area contributed by atoms with E-state index in [9.17, 15) is 10.1 Å². The van der Waals surface area contributed by atoms with E-state index in [0.29, 0.717) is 11.4 Å². The quantitative estimate of drug-likeness (QED) is 0.615. The van der Waals surface area contributed by atoms with Gasteiger partial charge in [-0.25, -0.2) is 0 Å². The lowest BCUT2D eigenvalue weighted by Gasteiger charge is -2.01. The van der Waals surface area contributed by atoms with E-state index < -0.39 is 4.92 Å². The van der Waals surface area contributed by atoms with Crippen molar-refractivity contribution >= 4 is 11.4 Å². The third kappa shape index (κ3) is 1.98. The van der Waals surface area contributed by atoms with Crippen molar-refractivity contribution in [3.63, 3.8) is 0 Å². The minimum Gasteiger partial charge on any atom is -0.399 e. The minimum absolute atomic E-state index is 0.0626. The summed E-state index contributed by atoms with van der Waals surface area (Å²) in [4.78, 5) is 14.2. The van der Waals surface area contributed by atoms with Gasteiger partial charge in [-0.15, -0.1) is 0 Å². The third-order valence-electron chi connectivity index (χ3n) is 2.16. The maximum absolute atomic E-state index is 10.5. The summed E-state index contributed by atoms with van der Waals surface area (Å²) in [6.07, 6.45) is 1.60. The fourth-order valence-electron chi connectivity index (χ4n) is 1.36. The molecule has 0 bridgehead atoms. The van der Waals surface area contributed by atoms with Crippen molar-refractivity contribution in [2.75, 3.05) is 5.73 Å². The first-order valence-corrected chi connectivity index (χ1v) is 4.63. The molecule has 0 saturated carbocycles. The summed E-state index contributed by atoms with van der Waals surface area (Å²) in [6.45, 7) is 0. The van der Waals surface area contributed by atoms with Gasteiger partial charge in [-0.05, 0) is 24.3 Å². The number of hydrogen-bond acceptors (Lipinski definition) is 4. The Kier molecular flexibility index (Phi) is 2.51. The fourth-order valence-corrected chi connectivity index (χ4v) is 1.36. The zero-order valence-electron chi connectivity index (χ0n) is 8.33. The first kappa shape index (κ1) is 10.1. The zero-order chi connectivity index (χ0) is 11.5. The van der Waals surface area contributed by atoms with Gasteiger partial charge in [-0.1, -0.05) is 0 Å². The van der Waals surface area contributed by atoms with E-state index in [0.717, 1.165) is 5.56 Å². The molecule has 1 aromatic carbocycles. The summed E-state index contributed by atoms with van der Waals surface area (Å²) < 4.78 is 0. The molecular weight excluding hydrogens is 206 g/mol. The molecule has 2 aromatic rings. The topological polar surface area (TPSA) is 82.0 Å². The summed E-state index contributed by atoms with van der Waals surface area (Å²) in [7, 11) is 0. The Balaban J connectivity index is 2.38. The van der Waals surface area contributed by atoms with Crippen LogP contribution in [0.2, 0.25) is 0 Å². The highest BCUT2D eigenvalue weighted by atomic mass is 16.6. The highest BCUT2D eigenvalue weighted by Crippen LogP contribution is 2.21. The van der Waals surface area contributed by atoms with Gasteiger partial charge in [0.15, 0.2) is 0 Å². The molecule has 0 aliphatic heterocycles. The Morgan fingerprint density at radius 3 is 2.44 bits per heavy atom. The van der Waals surface area contributed by atoms with Crippen LogP contribution in [0, 0.1) is 10.1 Å². The Hall–Kier alpha value is -2.43. The summed E-state index contributed by atoms with van der Waals surface area (Å²) in [5.74, 6) is 0. The number of hydrogen-bond donors (Lipinski definition) is 1. The van der Waals surface area contributed by atoms with Crippen molar-refractivity contribution in [3.05, 3.63) is 52.7 Å². The number of nitrogen functional groups attached to an aromatic ring is 1. The van der Waals surface area contributed by atoms with E-state index in [1.165, 1.54) is 12.1 Å². The van der Waals surface area contributed by atoms with Crippen molar-refractivity contribution < 1.29 is 4.92 Å². The largest absolute Gasteiger partial charge is 0.399 e. The van der Waals surface area contributed by atoms with Crippen molar-refractivity contribution in [2.24, 2.45) is 0 Å². The lowest BCUT2D eigenvalue weighted by molar-refractivity contribution is -0.384. The van der Waals surface area contributed by atoms with Crippen LogP contribution in [0.5, 0.6) is 0 Å². The van der Waals surface area contributed by atoms with E-state index in [1.807, 2.05) is 0 Å². The van der Waals surface area contributed by atoms with Crippen LogP contribution in [0.1, 0.15) is 0 Å². The molecule has 0 aliphatic rings. The predicted molar refractivity (Wildman–Crippen MR) is 60.7 cm³/mol. The van der Waals surface area contributed by atoms with Crippen molar-refractivity contribution in [2.45, 2.75) is 0 Å². The van der Waals surface area contributed by atoms with E-state index >= 15 is 0 Å². The van der Waals surface area contributed by atoms with E-state index in [4.69, 9.17) is 5.73 Å². The van der Waals surface area contributed by atoms with Crippen LogP contribution >= 0.6 is 0 Å². The average molecular weight is 215 g/mol. The number of non-ortho nitro benzene ring substituents is 1. The first-order valence-electron chi connectivity index (χ1n) is 4.63. The second-order valence-corrected chi connectivity index (χ2v) is 3.28. The Bertz CT molecular complexity index is 523. The maximum Gasteiger partial charge on any atom is 0.269 e. The summed E-state index contributed by atoms with van der Waals surface area (Å²) in [5, 5.41) is 10.5. The predicted octanol–water partition coefficient (Wildman–Crippen LogP) is 2.24. The second kappa shape index (κ2) is 3.98. The van der Waals surface area contributed by atoms with Crippen LogP contribution in [0.25, 0.3) is 11.3 Å². The van der Waals surface area contributed by atoms with Crippen LogP contribution < -0.4 is 5.73 Å². The van der Waals surface area contributed by atoms with Gasteiger partial charge in [-0.3, -0.25) is 15.1 Å². The van der Waals surface area contributed by atoms with Gasteiger partial charge in [0.05, 0.1) is 10.6 Å². The number of nitro groups is 1. The fraction of sp³-hybridized carbons (Fsp3) is 0. The molecule has 16 heavy (non-hydrogen) atoms. The van der Waals surface area contributed by atoms with Gasteiger partial charge in [0.1, 0.15) is 0 Å². The van der Waals surface area contributed by atoms with Gasteiger partial charge in [0.25, 0.3) is 5.69 Å². The van der Waals surface area contributed by atoms with Gasteiger partial charge >= 0.3 is 0 Å². The van der Waals surface area contributed by atoms with E-state index in [2.05, 4.69) is 4.98 Å². The first-order chi connectivity index (χ1) is 7.66. The van der Waals surface area contributed by atoms with Crippen LogP contribution in [-0.2, 0) is 0 Å². The normalized spacial score (nSPS) is 10.0. The van der Waals surface area contributed by atoms with Gasteiger partial charge in [0.2, 0.25) is 0 Å². The number of benzene rings is 1. The summed E-state index contributed by atoms with van der Waals surface area (Å²) >= 11 is 0. The number of pyridine rings is 1. The monoisotopic (exact) mass is 215 g/mol. The molecule has 0 unspecified atom stereocenters. The molecule has 0 radical (unpaired) electrons. The van der Waals surface area contributed by atoms with Crippen LogP contribution in [-0.4, -0.2) is 9.91 Å². The number of nitrogens with two attached hydrogens (primary N) is 1. The Morgan fingerprint density at radius 1 is 1.19 bits per heavy atom. The molecule has 0 aliphatic carbocycles. The second-order valence-electron chi connectivity index (χ2n) is 3.28. The summed E-state index contributed by atoms with van der Waals surface area (Å²) in [5.41, 5.74) is 7.81. The molecule has 1 heterocycles. The van der Waals surface area contributed by atoms with Crippen LogP contribution in [0.3, 0.4) is 0 Å². The minimum atomic E-state index is -0.434. The van der Waals surface area contributed by atoms with E-state index in [1.54, 1.807) is 30.5 Å². The molecule has 5 heteroatoms. The van der Waals surface area contributed by atoms with Crippen LogP contribution in [0.15, 0.2) is 42.6 Å². The third-order valence-corrected chi connectivity index (χ3v) is 2.16. The SMILES string of the molecule is Nc1ccnc(-c2ccc([N+](=O)[O-])cc2)c1. The molecule has 0 amide bonds. The number of nitrogens with zero attached hydrogens (tertiary/aromatic N) is 2. The maximum atomic E-state index is 10.5. The molecule has 0 fully saturated rings. The molecule has 0 atom stereocenters. The molecule has 0 spiro atoms. The molecule has 2 N–H and O–H groups in total. The molecule has 1 aromatic heterocycles. The highest BCUT2D eigenvalue weighted by Gasteiger charge is 2.05. The van der Waals surface area contributed by atoms with Crippen LogP contribution in [0.4, 0.5) is 11.4 Å². The average Bonchev–Trinajstić information content (AvgIpc) is 2.29. The smallest absolute Gasteiger partial charge is 0.269 e. The highest BCUT2D eigenvalue weighted by molar-refractivity contribution is 5.64. The summed E-state index contributed by atoms with van der Waals surface area (Å²) in [6, 6.07) is 9.61. The van der Waals surface area contributed by atoms with Gasteiger partial charge < -0.3 is 5.73 Å². The number of anilines is 1. The van der Waals surface area contributed by atoms with Crippen molar-refractivity contribution in [1.82, 2.24) is 4.98 Å². The van der Waals surface area contributed by atoms with Gasteiger partial charge in [0, 0.05) is 29.6 Å².